The summed E-state index contributed by atoms with van der Waals surface area (Å²) in [5, 5.41) is 2.89. The van der Waals surface area contributed by atoms with Gasteiger partial charge in [0.05, 0.1) is 19.8 Å². The van der Waals surface area contributed by atoms with Crippen LogP contribution in [0.3, 0.4) is 0 Å². The molecule has 2 aromatic carbocycles. The molecule has 0 aliphatic carbocycles. The first-order chi connectivity index (χ1) is 13.6. The highest BCUT2D eigenvalue weighted by molar-refractivity contribution is 14.1. The van der Waals surface area contributed by atoms with Crippen molar-refractivity contribution in [3.05, 3.63) is 75.6 Å². The maximum atomic E-state index is 12.7. The number of hydrogen-bond donors (Lipinski definition) is 1. The Hall–Kier alpha value is -2.81. The Labute approximate surface area is 177 Å². The molecular formula is C21H19IN2O4. The second kappa shape index (κ2) is 9.41. The van der Waals surface area contributed by atoms with E-state index in [1.165, 1.54) is 7.11 Å². The fraction of sp³-hybridized carbons (Fsp3) is 0.143. The molecule has 0 radical (unpaired) electrons. The van der Waals surface area contributed by atoms with Crippen LogP contribution >= 0.6 is 22.6 Å². The van der Waals surface area contributed by atoms with Crippen LogP contribution in [0.25, 0.3) is 0 Å². The van der Waals surface area contributed by atoms with Gasteiger partial charge in [0.15, 0.2) is 11.5 Å². The quantitative estimate of drug-likeness (QED) is 0.493. The Morgan fingerprint density at radius 3 is 2.57 bits per heavy atom. The van der Waals surface area contributed by atoms with Gasteiger partial charge in [0.1, 0.15) is 12.4 Å². The van der Waals surface area contributed by atoms with E-state index in [1.807, 2.05) is 30.3 Å². The number of amides is 1. The second-order valence-electron chi connectivity index (χ2n) is 5.82. The molecule has 1 heterocycles. The molecule has 0 bridgehead atoms. The van der Waals surface area contributed by atoms with Crippen LogP contribution in [0.4, 0.5) is 5.69 Å². The molecule has 1 aromatic heterocycles. The lowest BCUT2D eigenvalue weighted by molar-refractivity contribution is 0.102. The van der Waals surface area contributed by atoms with E-state index in [4.69, 9.17) is 14.2 Å². The van der Waals surface area contributed by atoms with Crippen molar-refractivity contribution >= 4 is 34.2 Å². The van der Waals surface area contributed by atoms with Crippen molar-refractivity contribution in [3.63, 3.8) is 0 Å². The molecule has 0 spiro atoms. The van der Waals surface area contributed by atoms with Crippen LogP contribution in [0.15, 0.2) is 60.9 Å². The molecule has 0 saturated carbocycles. The van der Waals surface area contributed by atoms with E-state index in [0.29, 0.717) is 35.1 Å². The van der Waals surface area contributed by atoms with Crippen LogP contribution in [0.1, 0.15) is 15.9 Å². The zero-order valence-corrected chi connectivity index (χ0v) is 17.6. The number of methoxy groups -OCH3 is 2. The number of nitrogens with zero attached hydrogens (tertiary/aromatic N) is 1. The molecule has 3 rings (SSSR count). The van der Waals surface area contributed by atoms with Gasteiger partial charge in [-0.1, -0.05) is 12.1 Å². The zero-order valence-electron chi connectivity index (χ0n) is 15.4. The van der Waals surface area contributed by atoms with Gasteiger partial charge in [-0.2, -0.15) is 0 Å². The minimum absolute atomic E-state index is 0.241. The molecule has 0 aliphatic rings. The van der Waals surface area contributed by atoms with Crippen molar-refractivity contribution in [1.29, 1.82) is 0 Å². The third-order valence-electron chi connectivity index (χ3n) is 3.94. The molecule has 144 valence electrons. The van der Waals surface area contributed by atoms with Crippen LogP contribution in [0.5, 0.6) is 17.2 Å². The Morgan fingerprint density at radius 2 is 1.86 bits per heavy atom. The van der Waals surface area contributed by atoms with Crippen LogP contribution < -0.4 is 19.5 Å². The summed E-state index contributed by atoms with van der Waals surface area (Å²) in [5.74, 6) is 1.49. The SMILES string of the molecule is COc1cc(I)c(C(=O)Nc2cccc(OCc3cccnc3)c2)cc1OC. The molecule has 1 N–H and O–H groups in total. The summed E-state index contributed by atoms with van der Waals surface area (Å²) < 4.78 is 17.1. The van der Waals surface area contributed by atoms with Crippen LogP contribution in [0, 0.1) is 3.57 Å². The van der Waals surface area contributed by atoms with E-state index in [1.54, 1.807) is 37.7 Å². The molecule has 7 heteroatoms. The summed E-state index contributed by atoms with van der Waals surface area (Å²) in [6.45, 7) is 0.402. The number of ether oxygens (including phenoxy) is 3. The normalized spacial score (nSPS) is 10.2. The molecule has 28 heavy (non-hydrogen) atoms. The molecule has 1 amide bonds. The number of aromatic nitrogens is 1. The fourth-order valence-electron chi connectivity index (χ4n) is 2.54. The number of pyridine rings is 1. The van der Waals surface area contributed by atoms with Crippen molar-refractivity contribution in [2.75, 3.05) is 19.5 Å². The van der Waals surface area contributed by atoms with Gasteiger partial charge >= 0.3 is 0 Å². The lowest BCUT2D eigenvalue weighted by Crippen LogP contribution is -2.14. The molecular weight excluding hydrogens is 471 g/mol. The second-order valence-corrected chi connectivity index (χ2v) is 6.98. The van der Waals surface area contributed by atoms with Crippen LogP contribution in [0.2, 0.25) is 0 Å². The first-order valence-electron chi connectivity index (χ1n) is 8.45. The molecule has 0 saturated heterocycles. The lowest BCUT2D eigenvalue weighted by Gasteiger charge is -2.13. The predicted molar refractivity (Wildman–Crippen MR) is 115 cm³/mol. The molecule has 0 aliphatic heterocycles. The number of carbonyl (C=O) groups excluding carboxylic acids is 1. The molecule has 0 unspecified atom stereocenters. The Bertz CT molecular complexity index is 964. The van der Waals surface area contributed by atoms with Gasteiger partial charge in [-0.15, -0.1) is 0 Å². The van der Waals surface area contributed by atoms with Gasteiger partial charge in [-0.25, -0.2) is 0 Å². The summed E-state index contributed by atoms with van der Waals surface area (Å²) in [7, 11) is 3.10. The number of hydrogen-bond acceptors (Lipinski definition) is 5. The summed E-state index contributed by atoms with van der Waals surface area (Å²) in [4.78, 5) is 16.8. The van der Waals surface area contributed by atoms with Crippen LogP contribution in [-0.4, -0.2) is 25.1 Å². The van der Waals surface area contributed by atoms with Crippen molar-refractivity contribution in [2.24, 2.45) is 0 Å². The zero-order chi connectivity index (χ0) is 19.9. The van der Waals surface area contributed by atoms with E-state index < -0.39 is 0 Å². The Balaban J connectivity index is 1.72. The first-order valence-corrected chi connectivity index (χ1v) is 9.53. The minimum Gasteiger partial charge on any atom is -0.493 e. The topological polar surface area (TPSA) is 69.7 Å². The summed E-state index contributed by atoms with van der Waals surface area (Å²) in [6, 6.07) is 14.5. The fourth-order valence-corrected chi connectivity index (χ4v) is 3.22. The van der Waals surface area contributed by atoms with Crippen molar-refractivity contribution < 1.29 is 19.0 Å². The van der Waals surface area contributed by atoms with Gasteiger partial charge in [-0.3, -0.25) is 9.78 Å². The third kappa shape index (κ3) is 4.92. The molecule has 3 aromatic rings. The van der Waals surface area contributed by atoms with E-state index in [9.17, 15) is 4.79 Å². The minimum atomic E-state index is -0.241. The Kier molecular flexibility index (Phi) is 6.70. The van der Waals surface area contributed by atoms with Gasteiger partial charge in [-0.05, 0) is 52.9 Å². The number of rotatable bonds is 7. The monoisotopic (exact) mass is 490 g/mol. The number of halogens is 1. The van der Waals surface area contributed by atoms with Gasteiger partial charge in [0.25, 0.3) is 5.91 Å². The summed E-state index contributed by atoms with van der Waals surface area (Å²) in [6.07, 6.45) is 3.47. The maximum absolute atomic E-state index is 12.7. The predicted octanol–water partition coefficient (Wildman–Crippen LogP) is 4.53. The average Bonchev–Trinajstić information content (AvgIpc) is 2.73. The average molecular weight is 490 g/mol. The Morgan fingerprint density at radius 1 is 1.07 bits per heavy atom. The summed E-state index contributed by atoms with van der Waals surface area (Å²) >= 11 is 2.10. The van der Waals surface area contributed by atoms with Crippen molar-refractivity contribution in [2.45, 2.75) is 6.61 Å². The number of benzene rings is 2. The van der Waals surface area contributed by atoms with E-state index in [0.717, 1.165) is 9.13 Å². The van der Waals surface area contributed by atoms with Gasteiger partial charge in [0, 0.05) is 33.3 Å². The molecule has 6 nitrogen and oxygen atoms in total. The van der Waals surface area contributed by atoms with E-state index in [2.05, 4.69) is 32.9 Å². The standard InChI is InChI=1S/C21H19IN2O4/c1-26-19-10-17(18(22)11-20(19)27-2)21(25)24-15-6-3-7-16(9-15)28-13-14-5-4-8-23-12-14/h3-12H,13H2,1-2H3,(H,24,25). The first kappa shape index (κ1) is 19.9. The largest absolute Gasteiger partial charge is 0.493 e. The number of carbonyl (C=O) groups is 1. The number of anilines is 1. The highest BCUT2D eigenvalue weighted by Crippen LogP contribution is 2.32. The smallest absolute Gasteiger partial charge is 0.256 e. The van der Waals surface area contributed by atoms with Crippen LogP contribution in [-0.2, 0) is 6.61 Å². The molecule has 0 atom stereocenters. The maximum Gasteiger partial charge on any atom is 0.256 e. The van der Waals surface area contributed by atoms with E-state index >= 15 is 0 Å². The highest BCUT2D eigenvalue weighted by atomic mass is 127. The molecule has 0 fully saturated rings. The third-order valence-corrected chi connectivity index (χ3v) is 4.83. The van der Waals surface area contributed by atoms with Gasteiger partial charge < -0.3 is 19.5 Å². The lowest BCUT2D eigenvalue weighted by atomic mass is 10.1. The summed E-state index contributed by atoms with van der Waals surface area (Å²) in [5.41, 5.74) is 2.11. The van der Waals surface area contributed by atoms with Crippen molar-refractivity contribution in [1.82, 2.24) is 4.98 Å². The highest BCUT2D eigenvalue weighted by Gasteiger charge is 2.16. The van der Waals surface area contributed by atoms with Crippen molar-refractivity contribution in [3.8, 4) is 17.2 Å². The van der Waals surface area contributed by atoms with Gasteiger partial charge in [0.2, 0.25) is 0 Å². The van der Waals surface area contributed by atoms with E-state index in [-0.39, 0.29) is 5.91 Å². The number of nitrogens with one attached hydrogen (secondary N) is 1.